The molecule has 6 nitrogen and oxygen atoms in total. The van der Waals surface area contributed by atoms with Crippen molar-refractivity contribution >= 4 is 44.9 Å². The number of benzene rings is 2. The van der Waals surface area contributed by atoms with Gasteiger partial charge in [-0.05, 0) is 55.5 Å². The predicted octanol–water partition coefficient (Wildman–Crippen LogP) is 6.04. The summed E-state index contributed by atoms with van der Waals surface area (Å²) in [6.45, 7) is 3.54. The van der Waals surface area contributed by atoms with Crippen molar-refractivity contribution in [1.82, 2.24) is 4.90 Å². The zero-order valence-corrected chi connectivity index (χ0v) is 22.4. The minimum atomic E-state index is -3.15. The number of hydrogen-bond donors (Lipinski definition) is 1. The van der Waals surface area contributed by atoms with Crippen LogP contribution in [0.15, 0.2) is 54.6 Å². The molecule has 1 fully saturated rings. The minimum Gasteiger partial charge on any atom is -0.481 e. The summed E-state index contributed by atoms with van der Waals surface area (Å²) >= 11 is 11.5. The third-order valence-corrected chi connectivity index (χ3v) is 8.44. The zero-order valence-electron chi connectivity index (χ0n) is 20.1. The first-order valence-corrected chi connectivity index (χ1v) is 14.4. The van der Waals surface area contributed by atoms with Crippen LogP contribution in [0, 0.1) is 5.92 Å². The van der Waals surface area contributed by atoms with Crippen LogP contribution < -0.4 is 0 Å². The Hall–Kier alpha value is -2.09. The quantitative estimate of drug-likeness (QED) is 0.417. The maximum absolute atomic E-state index is 13.2. The number of amides is 1. The highest BCUT2D eigenvalue weighted by Crippen LogP contribution is 2.38. The fourth-order valence-corrected chi connectivity index (χ4v) is 5.44. The molecule has 3 rings (SSSR count). The number of likely N-dealkylation sites (tertiary alicyclic amines) is 1. The van der Waals surface area contributed by atoms with E-state index in [1.165, 1.54) is 0 Å². The lowest BCUT2D eigenvalue weighted by Crippen LogP contribution is -2.49. The van der Waals surface area contributed by atoms with E-state index in [-0.39, 0.29) is 35.9 Å². The zero-order chi connectivity index (χ0) is 26.0. The molecule has 0 bridgehead atoms. The number of halogens is 2. The molecule has 35 heavy (non-hydrogen) atoms. The highest BCUT2D eigenvalue weighted by molar-refractivity contribution is 7.91. The Labute approximate surface area is 218 Å². The third-order valence-electron chi connectivity index (χ3n) is 6.20. The average molecular weight is 543 g/mol. The summed E-state index contributed by atoms with van der Waals surface area (Å²) in [7, 11) is -3.15. The monoisotopic (exact) mass is 541 g/mol. The Morgan fingerprint density at radius 2 is 1.63 bits per heavy atom. The first-order chi connectivity index (χ1) is 16.6. The molecule has 0 spiro atoms. The maximum Gasteiger partial charge on any atom is 0.304 e. The van der Waals surface area contributed by atoms with Gasteiger partial charge in [0.15, 0.2) is 0 Å². The molecule has 2 unspecified atom stereocenters. The van der Waals surface area contributed by atoms with Gasteiger partial charge >= 0.3 is 5.97 Å². The van der Waals surface area contributed by atoms with Crippen molar-refractivity contribution in [2.45, 2.75) is 58.0 Å². The van der Waals surface area contributed by atoms with Gasteiger partial charge in [0.1, 0.15) is 9.84 Å². The fraction of sp³-hybridized carbons (Fsp3) is 0.462. The maximum atomic E-state index is 13.2. The highest BCUT2D eigenvalue weighted by atomic mass is 35.5. The van der Waals surface area contributed by atoms with Crippen molar-refractivity contribution in [3.05, 3.63) is 70.2 Å². The van der Waals surface area contributed by atoms with Crippen LogP contribution >= 0.6 is 23.2 Å². The van der Waals surface area contributed by atoms with Gasteiger partial charge in [-0.25, -0.2) is 8.42 Å². The highest BCUT2D eigenvalue weighted by Gasteiger charge is 2.40. The first-order valence-electron chi connectivity index (χ1n) is 11.8. The Kier molecular flexibility index (Phi) is 11.5. The number of carboxylic acids is 1. The fourth-order valence-electron chi connectivity index (χ4n) is 4.25. The molecule has 9 heteroatoms. The van der Waals surface area contributed by atoms with E-state index in [2.05, 4.69) is 0 Å². The van der Waals surface area contributed by atoms with Gasteiger partial charge in [-0.3, -0.25) is 9.59 Å². The molecular weight excluding hydrogens is 509 g/mol. The standard InChI is InChI=1S/C20H28ClNO5S.C6H5Cl/c1-3-17(11-12-28(26,27)4-2)22-18(14-5-8-16(21)9-6-14)10-7-15(20(22)25)13-19(23)24;7-6-4-2-1-3-5-6/h5-6,8-9,15,17-18H,3-4,7,10-13H2,1-2H3,(H,23,24);1-5H/t15?,17?,18-;/m0./s1. The molecule has 2 aromatic rings. The van der Waals surface area contributed by atoms with Gasteiger partial charge in [0.05, 0.1) is 18.2 Å². The van der Waals surface area contributed by atoms with Crippen LogP contribution in [0.5, 0.6) is 0 Å². The Bertz CT molecular complexity index is 1060. The predicted molar refractivity (Wildman–Crippen MR) is 140 cm³/mol. The largest absolute Gasteiger partial charge is 0.481 e. The van der Waals surface area contributed by atoms with E-state index in [4.69, 9.17) is 28.3 Å². The molecule has 0 radical (unpaired) electrons. The number of piperidine rings is 1. The summed E-state index contributed by atoms with van der Waals surface area (Å²) in [5, 5.41) is 10.5. The van der Waals surface area contributed by atoms with Gasteiger partial charge in [-0.1, -0.05) is 67.4 Å². The van der Waals surface area contributed by atoms with E-state index < -0.39 is 21.7 Å². The van der Waals surface area contributed by atoms with Gasteiger partial charge in [-0.2, -0.15) is 0 Å². The number of carbonyl (C=O) groups excluding carboxylic acids is 1. The van der Waals surface area contributed by atoms with Crippen LogP contribution in [0.2, 0.25) is 10.0 Å². The van der Waals surface area contributed by atoms with Crippen molar-refractivity contribution in [3.8, 4) is 0 Å². The molecule has 0 saturated carbocycles. The Morgan fingerprint density at radius 3 is 2.11 bits per heavy atom. The van der Waals surface area contributed by atoms with Gasteiger partial charge in [-0.15, -0.1) is 0 Å². The summed E-state index contributed by atoms with van der Waals surface area (Å²) in [5.41, 5.74) is 0.934. The minimum absolute atomic E-state index is 0.0166. The normalized spacial score (nSPS) is 19.0. The first kappa shape index (κ1) is 29.1. The van der Waals surface area contributed by atoms with Crippen LogP contribution in [0.4, 0.5) is 0 Å². The molecule has 192 valence electrons. The number of nitrogens with zero attached hydrogens (tertiary/aromatic N) is 1. The van der Waals surface area contributed by atoms with Gasteiger partial charge < -0.3 is 10.0 Å². The number of sulfone groups is 1. The van der Waals surface area contributed by atoms with E-state index in [0.717, 1.165) is 10.6 Å². The van der Waals surface area contributed by atoms with E-state index in [1.54, 1.807) is 24.0 Å². The molecule has 1 saturated heterocycles. The molecule has 1 heterocycles. The van der Waals surface area contributed by atoms with Crippen molar-refractivity contribution < 1.29 is 23.1 Å². The lowest BCUT2D eigenvalue weighted by molar-refractivity contribution is -0.151. The van der Waals surface area contributed by atoms with E-state index in [9.17, 15) is 18.0 Å². The average Bonchev–Trinajstić information content (AvgIpc) is 2.83. The SMILES string of the molecule is CCC(CCS(=O)(=O)CC)N1C(=O)C(CC(=O)O)CC[C@H]1c1ccc(Cl)cc1.Clc1ccccc1. The van der Waals surface area contributed by atoms with Crippen LogP contribution in [0.1, 0.15) is 57.6 Å². The molecule has 1 aliphatic rings. The van der Waals surface area contributed by atoms with Crippen LogP contribution in [-0.2, 0) is 19.4 Å². The Balaban J connectivity index is 0.000000527. The van der Waals surface area contributed by atoms with Gasteiger partial charge in [0.2, 0.25) is 5.91 Å². The van der Waals surface area contributed by atoms with Crippen molar-refractivity contribution in [3.63, 3.8) is 0 Å². The summed E-state index contributed by atoms with van der Waals surface area (Å²) < 4.78 is 24.0. The second-order valence-corrected chi connectivity index (χ2v) is 11.9. The molecule has 1 N–H and O–H groups in total. The summed E-state index contributed by atoms with van der Waals surface area (Å²) in [6, 6.07) is 16.3. The van der Waals surface area contributed by atoms with Crippen molar-refractivity contribution in [2.24, 2.45) is 5.92 Å². The molecule has 0 aromatic heterocycles. The molecule has 2 aromatic carbocycles. The second kappa shape index (κ2) is 13.9. The number of hydrogen-bond acceptors (Lipinski definition) is 4. The topological polar surface area (TPSA) is 91.8 Å². The summed E-state index contributed by atoms with van der Waals surface area (Å²) in [6.07, 6.45) is 1.89. The van der Waals surface area contributed by atoms with Crippen LogP contribution in [0.25, 0.3) is 0 Å². The van der Waals surface area contributed by atoms with Gasteiger partial charge in [0.25, 0.3) is 0 Å². The summed E-state index contributed by atoms with van der Waals surface area (Å²) in [5.74, 6) is -1.68. The number of aliphatic carboxylic acids is 1. The molecule has 1 aliphatic heterocycles. The van der Waals surface area contributed by atoms with Crippen LogP contribution in [-0.4, -0.2) is 47.8 Å². The van der Waals surface area contributed by atoms with Gasteiger partial charge in [0, 0.05) is 27.8 Å². The molecule has 1 amide bonds. The summed E-state index contributed by atoms with van der Waals surface area (Å²) in [4.78, 5) is 26.1. The molecular formula is C26H33Cl2NO5S. The van der Waals surface area contributed by atoms with Crippen molar-refractivity contribution in [2.75, 3.05) is 11.5 Å². The van der Waals surface area contributed by atoms with Crippen LogP contribution in [0.3, 0.4) is 0 Å². The number of carbonyl (C=O) groups is 2. The second-order valence-electron chi connectivity index (χ2n) is 8.57. The smallest absolute Gasteiger partial charge is 0.304 e. The van der Waals surface area contributed by atoms with E-state index >= 15 is 0 Å². The third kappa shape index (κ3) is 9.13. The van der Waals surface area contributed by atoms with E-state index in [1.807, 2.05) is 49.4 Å². The lowest BCUT2D eigenvalue weighted by Gasteiger charge is -2.44. The lowest BCUT2D eigenvalue weighted by atomic mass is 9.84. The number of rotatable bonds is 9. The number of carboxylic acid groups (broad SMARTS) is 1. The molecule has 0 aliphatic carbocycles. The molecule has 3 atom stereocenters. The Morgan fingerprint density at radius 1 is 1.03 bits per heavy atom. The van der Waals surface area contributed by atoms with Crippen molar-refractivity contribution in [1.29, 1.82) is 0 Å². The van der Waals surface area contributed by atoms with E-state index in [0.29, 0.717) is 30.7 Å².